The number of aromatic amines is 1. The van der Waals surface area contributed by atoms with E-state index >= 15 is 0 Å². The van der Waals surface area contributed by atoms with Crippen LogP contribution < -0.4 is 5.32 Å². The van der Waals surface area contributed by atoms with Crippen molar-refractivity contribution in [1.82, 2.24) is 20.2 Å². The zero-order valence-corrected chi connectivity index (χ0v) is 11.5. The second-order valence-electron chi connectivity index (χ2n) is 4.09. The Kier molecular flexibility index (Phi) is 4.41. The number of nitrogens with zero attached hydrogens (tertiary/aromatic N) is 3. The molecule has 0 atom stereocenters. The van der Waals surface area contributed by atoms with Crippen molar-refractivity contribution in [1.29, 1.82) is 0 Å². The molecule has 2 aromatic rings. The molecule has 0 aromatic carbocycles. The number of hydrogen-bond acceptors (Lipinski definition) is 6. The Labute approximate surface area is 118 Å². The van der Waals surface area contributed by atoms with E-state index in [0.717, 1.165) is 5.69 Å². The van der Waals surface area contributed by atoms with Gasteiger partial charge >= 0.3 is 5.97 Å². The van der Waals surface area contributed by atoms with E-state index < -0.39 is 11.9 Å². The molecule has 8 nitrogen and oxygen atoms in total. The lowest BCUT2D eigenvalue weighted by atomic mass is 10.2. The third kappa shape index (κ3) is 3.85. The number of aromatic nitrogens is 4. The Balaban J connectivity index is 1.89. The largest absolute Gasteiger partial charge is 0.481 e. The Morgan fingerprint density at radius 2 is 2.25 bits per heavy atom. The van der Waals surface area contributed by atoms with Crippen molar-refractivity contribution in [3.8, 4) is 0 Å². The third-order valence-electron chi connectivity index (χ3n) is 2.40. The van der Waals surface area contributed by atoms with Crippen LogP contribution in [0.3, 0.4) is 0 Å². The van der Waals surface area contributed by atoms with E-state index in [0.29, 0.717) is 23.8 Å². The zero-order valence-electron chi connectivity index (χ0n) is 10.7. The molecular weight excluding hydrogens is 282 g/mol. The molecule has 2 heterocycles. The number of carboxylic acid groups (broad SMARTS) is 1. The summed E-state index contributed by atoms with van der Waals surface area (Å²) >= 11 is 1.28. The molecule has 2 rings (SSSR count). The molecule has 0 aliphatic rings. The van der Waals surface area contributed by atoms with Gasteiger partial charge in [0.1, 0.15) is 5.82 Å². The molecule has 0 fully saturated rings. The number of H-pyrrole nitrogens is 1. The van der Waals surface area contributed by atoms with E-state index in [1.165, 1.54) is 11.3 Å². The summed E-state index contributed by atoms with van der Waals surface area (Å²) in [6.45, 7) is 1.70. The molecule has 0 saturated heterocycles. The van der Waals surface area contributed by atoms with E-state index in [1.54, 1.807) is 12.3 Å². The summed E-state index contributed by atoms with van der Waals surface area (Å²) < 4.78 is 0. The fraction of sp³-hybridized carbons (Fsp3) is 0.364. The smallest absolute Gasteiger partial charge is 0.303 e. The van der Waals surface area contributed by atoms with Crippen LogP contribution in [0.1, 0.15) is 35.0 Å². The highest BCUT2D eigenvalue weighted by Gasteiger charge is 2.13. The monoisotopic (exact) mass is 295 g/mol. The number of amides is 1. The maximum atomic E-state index is 11.8. The van der Waals surface area contributed by atoms with Crippen LogP contribution in [0.5, 0.6) is 0 Å². The number of hydrogen-bond donors (Lipinski definition) is 3. The molecule has 0 saturated carbocycles. The quantitative estimate of drug-likeness (QED) is 0.737. The minimum Gasteiger partial charge on any atom is -0.481 e. The van der Waals surface area contributed by atoms with Crippen LogP contribution in [0.15, 0.2) is 5.38 Å². The van der Waals surface area contributed by atoms with Crippen molar-refractivity contribution >= 4 is 28.3 Å². The van der Waals surface area contributed by atoms with Crippen molar-refractivity contribution < 1.29 is 14.7 Å². The lowest BCUT2D eigenvalue weighted by Gasteiger charge is -1.96. The molecule has 106 valence electrons. The molecule has 1 amide bonds. The Bertz CT molecular complexity index is 621. The number of carbonyl (C=O) groups excluding carboxylic acids is 1. The van der Waals surface area contributed by atoms with Crippen LogP contribution in [0.4, 0.5) is 5.13 Å². The number of thiazole rings is 1. The van der Waals surface area contributed by atoms with Crippen molar-refractivity contribution in [2.75, 3.05) is 5.32 Å². The lowest BCUT2D eigenvalue weighted by Crippen LogP contribution is -2.13. The SMILES string of the molecule is Cc1nc(C(=O)Nc2nc(CCCC(=O)O)cs2)n[nH]1. The van der Waals surface area contributed by atoms with Gasteiger partial charge in [-0.15, -0.1) is 16.4 Å². The topological polar surface area (TPSA) is 121 Å². The van der Waals surface area contributed by atoms with Crippen LogP contribution >= 0.6 is 11.3 Å². The van der Waals surface area contributed by atoms with E-state index in [-0.39, 0.29) is 12.2 Å². The second kappa shape index (κ2) is 6.24. The number of carbonyl (C=O) groups is 2. The first-order valence-electron chi connectivity index (χ1n) is 5.91. The first kappa shape index (κ1) is 14.1. The van der Waals surface area contributed by atoms with Gasteiger partial charge in [-0.1, -0.05) is 0 Å². The third-order valence-corrected chi connectivity index (χ3v) is 3.20. The summed E-state index contributed by atoms with van der Waals surface area (Å²) in [4.78, 5) is 30.3. The highest BCUT2D eigenvalue weighted by Crippen LogP contribution is 2.17. The van der Waals surface area contributed by atoms with Gasteiger partial charge in [-0.05, 0) is 19.8 Å². The highest BCUT2D eigenvalue weighted by molar-refractivity contribution is 7.13. The van der Waals surface area contributed by atoms with Crippen molar-refractivity contribution in [3.63, 3.8) is 0 Å². The maximum absolute atomic E-state index is 11.8. The number of aliphatic carboxylic acids is 1. The molecular formula is C11H13N5O3S. The molecule has 0 aliphatic carbocycles. The first-order valence-corrected chi connectivity index (χ1v) is 6.79. The zero-order chi connectivity index (χ0) is 14.5. The van der Waals surface area contributed by atoms with E-state index in [4.69, 9.17) is 5.11 Å². The minimum atomic E-state index is -0.825. The fourth-order valence-corrected chi connectivity index (χ4v) is 2.24. The fourth-order valence-electron chi connectivity index (χ4n) is 1.50. The molecule has 3 N–H and O–H groups in total. The molecule has 2 aromatic heterocycles. The molecule has 0 spiro atoms. The van der Waals surface area contributed by atoms with Gasteiger partial charge in [-0.2, -0.15) is 0 Å². The molecule has 0 radical (unpaired) electrons. The van der Waals surface area contributed by atoms with Gasteiger partial charge < -0.3 is 5.11 Å². The number of anilines is 1. The Morgan fingerprint density at radius 3 is 2.90 bits per heavy atom. The van der Waals surface area contributed by atoms with Gasteiger partial charge in [0.15, 0.2) is 5.13 Å². The summed E-state index contributed by atoms with van der Waals surface area (Å²) in [5, 5.41) is 19.7. The van der Waals surface area contributed by atoms with Crippen molar-refractivity contribution in [2.24, 2.45) is 0 Å². The summed E-state index contributed by atoms with van der Waals surface area (Å²) in [5.41, 5.74) is 0.762. The van der Waals surface area contributed by atoms with Gasteiger partial charge in [0.25, 0.3) is 5.91 Å². The van der Waals surface area contributed by atoms with E-state index in [2.05, 4.69) is 25.5 Å². The van der Waals surface area contributed by atoms with Crippen LogP contribution in [-0.4, -0.2) is 37.1 Å². The average Bonchev–Trinajstić information content (AvgIpc) is 2.98. The lowest BCUT2D eigenvalue weighted by molar-refractivity contribution is -0.137. The number of aryl methyl sites for hydroxylation is 2. The summed E-state index contributed by atoms with van der Waals surface area (Å²) in [6.07, 6.45) is 1.20. The maximum Gasteiger partial charge on any atom is 0.303 e. The van der Waals surface area contributed by atoms with Gasteiger partial charge in [0.05, 0.1) is 5.69 Å². The van der Waals surface area contributed by atoms with Crippen LogP contribution in [0.2, 0.25) is 0 Å². The molecule has 20 heavy (non-hydrogen) atoms. The first-order chi connectivity index (χ1) is 9.54. The van der Waals surface area contributed by atoms with Gasteiger partial charge in [0.2, 0.25) is 5.82 Å². The minimum absolute atomic E-state index is 0.0603. The predicted octanol–water partition coefficient (Wildman–Crippen LogP) is 1.23. The average molecular weight is 295 g/mol. The Morgan fingerprint density at radius 1 is 1.45 bits per heavy atom. The van der Waals surface area contributed by atoms with Gasteiger partial charge in [-0.3, -0.25) is 20.0 Å². The normalized spacial score (nSPS) is 10.4. The van der Waals surface area contributed by atoms with Crippen LogP contribution in [0.25, 0.3) is 0 Å². The van der Waals surface area contributed by atoms with Crippen LogP contribution in [-0.2, 0) is 11.2 Å². The number of nitrogens with one attached hydrogen (secondary N) is 2. The highest BCUT2D eigenvalue weighted by atomic mass is 32.1. The standard InChI is InChI=1S/C11H13N5O3S/c1-6-12-9(16-15-6)10(19)14-11-13-7(5-20-11)3-2-4-8(17)18/h5H,2-4H2,1H3,(H,17,18)(H,12,15,16)(H,13,14,19). The van der Waals surface area contributed by atoms with Crippen LogP contribution in [0, 0.1) is 6.92 Å². The molecule has 9 heteroatoms. The summed E-state index contributed by atoms with van der Waals surface area (Å²) in [6, 6.07) is 0. The van der Waals surface area contributed by atoms with Gasteiger partial charge in [-0.25, -0.2) is 9.97 Å². The molecule has 0 aliphatic heterocycles. The predicted molar refractivity (Wildman–Crippen MR) is 71.8 cm³/mol. The van der Waals surface area contributed by atoms with Crippen molar-refractivity contribution in [2.45, 2.75) is 26.2 Å². The summed E-state index contributed by atoms with van der Waals surface area (Å²) in [5.74, 6) is -0.636. The second-order valence-corrected chi connectivity index (χ2v) is 4.95. The molecule has 0 unspecified atom stereocenters. The molecule has 0 bridgehead atoms. The van der Waals surface area contributed by atoms with Gasteiger partial charge in [0, 0.05) is 11.8 Å². The number of carboxylic acids is 1. The van der Waals surface area contributed by atoms with E-state index in [9.17, 15) is 9.59 Å². The summed E-state index contributed by atoms with van der Waals surface area (Å²) in [7, 11) is 0. The van der Waals surface area contributed by atoms with Crippen molar-refractivity contribution in [3.05, 3.63) is 22.7 Å². The van der Waals surface area contributed by atoms with E-state index in [1.807, 2.05) is 0 Å². The Hall–Kier alpha value is -2.29. The number of rotatable bonds is 6.